The summed E-state index contributed by atoms with van der Waals surface area (Å²) in [5.74, 6) is -1.17. The van der Waals surface area contributed by atoms with Crippen LogP contribution in [0.5, 0.6) is 11.5 Å². The van der Waals surface area contributed by atoms with Gasteiger partial charge in [0, 0.05) is 18.7 Å². The highest BCUT2D eigenvalue weighted by molar-refractivity contribution is 6.33. The Labute approximate surface area is 205 Å². The molecule has 1 amide bonds. The molecule has 3 rings (SSSR count). The van der Waals surface area contributed by atoms with Crippen molar-refractivity contribution in [2.45, 2.75) is 6.54 Å². The van der Waals surface area contributed by atoms with Crippen LogP contribution in [0.2, 0.25) is 5.02 Å². The number of nitrogens with zero attached hydrogens (tertiary/aromatic N) is 2. The maximum absolute atomic E-state index is 12.5. The lowest BCUT2D eigenvalue weighted by atomic mass is 10.1. The van der Waals surface area contributed by atoms with Crippen LogP contribution in [0.4, 0.5) is 5.69 Å². The minimum atomic E-state index is -0.843. The molecule has 176 valence electrons. The smallest absolute Gasteiger partial charge is 0.345 e. The van der Waals surface area contributed by atoms with E-state index in [1.807, 2.05) is 36.4 Å². The highest BCUT2D eigenvalue weighted by Crippen LogP contribution is 2.31. The second-order valence-corrected chi connectivity index (χ2v) is 7.47. The lowest BCUT2D eigenvalue weighted by Gasteiger charge is -2.11. The van der Waals surface area contributed by atoms with Crippen LogP contribution in [-0.2, 0) is 11.3 Å². The zero-order valence-corrected chi connectivity index (χ0v) is 19.1. The molecule has 1 N–H and O–H groups in total. The molecule has 0 aromatic heterocycles. The minimum absolute atomic E-state index is 0.0520. The summed E-state index contributed by atoms with van der Waals surface area (Å²) in [6.45, 7) is 0.266. The third kappa shape index (κ3) is 6.43. The Kier molecular flexibility index (Phi) is 8.16. The van der Waals surface area contributed by atoms with Crippen LogP contribution in [-0.4, -0.2) is 23.9 Å². The average molecular weight is 492 g/mol. The first-order valence-electron chi connectivity index (χ1n) is 10.1. The Morgan fingerprint density at radius 2 is 1.86 bits per heavy atom. The predicted molar refractivity (Wildman–Crippen MR) is 128 cm³/mol. The van der Waals surface area contributed by atoms with Crippen molar-refractivity contribution in [2.75, 3.05) is 7.11 Å². The number of amides is 1. The molecule has 0 aliphatic rings. The van der Waals surface area contributed by atoms with Crippen LogP contribution in [0.1, 0.15) is 21.5 Å². The number of methoxy groups -OCH3 is 1. The van der Waals surface area contributed by atoms with Crippen molar-refractivity contribution in [1.29, 1.82) is 5.26 Å². The van der Waals surface area contributed by atoms with Crippen LogP contribution < -0.4 is 14.8 Å². The van der Waals surface area contributed by atoms with Crippen LogP contribution in [0.3, 0.4) is 0 Å². The summed E-state index contributed by atoms with van der Waals surface area (Å²) >= 11 is 5.99. The third-order valence-corrected chi connectivity index (χ3v) is 5.06. The number of hydrogen-bond acceptors (Lipinski definition) is 7. The van der Waals surface area contributed by atoms with E-state index in [4.69, 9.17) is 21.1 Å². The number of esters is 1. The Bertz CT molecular complexity index is 1350. The van der Waals surface area contributed by atoms with E-state index >= 15 is 0 Å². The minimum Gasteiger partial charge on any atom is -0.493 e. The molecule has 0 spiro atoms. The van der Waals surface area contributed by atoms with Crippen LogP contribution >= 0.6 is 11.6 Å². The molecule has 0 aliphatic carbocycles. The molecule has 3 aromatic carbocycles. The molecule has 0 radical (unpaired) electrons. The maximum atomic E-state index is 12.5. The second kappa shape index (κ2) is 11.4. The van der Waals surface area contributed by atoms with Crippen molar-refractivity contribution < 1.29 is 24.0 Å². The van der Waals surface area contributed by atoms with Crippen molar-refractivity contribution in [2.24, 2.45) is 0 Å². The normalized spacial score (nSPS) is 10.7. The monoisotopic (exact) mass is 491 g/mol. The molecule has 35 heavy (non-hydrogen) atoms. The number of nitriles is 1. The van der Waals surface area contributed by atoms with E-state index in [0.717, 1.165) is 17.7 Å². The van der Waals surface area contributed by atoms with Gasteiger partial charge in [0.25, 0.3) is 11.6 Å². The van der Waals surface area contributed by atoms with Gasteiger partial charge in [0.1, 0.15) is 11.6 Å². The summed E-state index contributed by atoms with van der Waals surface area (Å²) in [4.78, 5) is 35.2. The number of ether oxygens (including phenoxy) is 2. The number of carbonyl (C=O) groups is 2. The zero-order valence-electron chi connectivity index (χ0n) is 18.4. The SMILES string of the molecule is COc1cc(/C=C(\C#N)C(=O)NCc2ccccc2)ccc1OC(=O)c1ccc([N+](=O)[O-])cc1Cl. The largest absolute Gasteiger partial charge is 0.493 e. The van der Waals surface area contributed by atoms with Crippen LogP contribution in [0.25, 0.3) is 6.08 Å². The summed E-state index contributed by atoms with van der Waals surface area (Å²) in [6.07, 6.45) is 1.38. The molecule has 10 heteroatoms. The van der Waals surface area contributed by atoms with Crippen molar-refractivity contribution >= 4 is 35.2 Å². The zero-order chi connectivity index (χ0) is 25.4. The van der Waals surface area contributed by atoms with Gasteiger partial charge in [0.2, 0.25) is 0 Å². The molecule has 0 atom stereocenters. The number of rotatable bonds is 8. The van der Waals surface area contributed by atoms with E-state index in [9.17, 15) is 25.0 Å². The van der Waals surface area contributed by atoms with Crippen molar-refractivity contribution in [1.82, 2.24) is 5.32 Å². The van der Waals surface area contributed by atoms with Gasteiger partial charge in [-0.05, 0) is 35.4 Å². The molecule has 0 saturated heterocycles. The topological polar surface area (TPSA) is 132 Å². The number of nitrogens with one attached hydrogen (secondary N) is 1. The van der Waals surface area contributed by atoms with E-state index in [-0.39, 0.29) is 39.9 Å². The van der Waals surface area contributed by atoms with Crippen LogP contribution in [0, 0.1) is 21.4 Å². The lowest BCUT2D eigenvalue weighted by molar-refractivity contribution is -0.384. The molecule has 0 heterocycles. The van der Waals surface area contributed by atoms with E-state index in [0.29, 0.717) is 5.56 Å². The Hall–Kier alpha value is -4.68. The third-order valence-electron chi connectivity index (χ3n) is 4.75. The fraction of sp³-hybridized carbons (Fsp3) is 0.0800. The number of halogens is 1. The molecular formula is C25H18ClN3O6. The fourth-order valence-corrected chi connectivity index (χ4v) is 3.24. The van der Waals surface area contributed by atoms with Gasteiger partial charge in [-0.25, -0.2) is 4.79 Å². The predicted octanol–water partition coefficient (Wildman–Crippen LogP) is 4.70. The van der Waals surface area contributed by atoms with Gasteiger partial charge < -0.3 is 14.8 Å². The fourth-order valence-electron chi connectivity index (χ4n) is 2.98. The number of nitro benzene ring substituents is 1. The summed E-state index contributed by atoms with van der Waals surface area (Å²) in [5.41, 5.74) is 0.900. The Morgan fingerprint density at radius 1 is 1.11 bits per heavy atom. The number of hydrogen-bond donors (Lipinski definition) is 1. The van der Waals surface area contributed by atoms with Gasteiger partial charge in [0.15, 0.2) is 11.5 Å². The molecule has 0 fully saturated rings. The molecule has 0 saturated carbocycles. The van der Waals surface area contributed by atoms with E-state index in [1.54, 1.807) is 0 Å². The molecule has 3 aromatic rings. The molecule has 0 bridgehead atoms. The second-order valence-electron chi connectivity index (χ2n) is 7.06. The summed E-state index contributed by atoms with van der Waals surface area (Å²) < 4.78 is 10.6. The van der Waals surface area contributed by atoms with Gasteiger partial charge in [-0.1, -0.05) is 48.0 Å². The van der Waals surface area contributed by atoms with Crippen LogP contribution in [0.15, 0.2) is 72.3 Å². The highest BCUT2D eigenvalue weighted by atomic mass is 35.5. The van der Waals surface area contributed by atoms with Gasteiger partial charge in [-0.3, -0.25) is 14.9 Å². The number of benzene rings is 3. The van der Waals surface area contributed by atoms with Crippen molar-refractivity contribution in [3.63, 3.8) is 0 Å². The Balaban J connectivity index is 1.76. The van der Waals surface area contributed by atoms with Gasteiger partial charge >= 0.3 is 5.97 Å². The van der Waals surface area contributed by atoms with Gasteiger partial charge in [0.05, 0.1) is 22.6 Å². The average Bonchev–Trinajstić information content (AvgIpc) is 2.86. The number of non-ortho nitro benzene ring substituents is 1. The van der Waals surface area contributed by atoms with Crippen molar-refractivity contribution in [3.8, 4) is 17.6 Å². The quantitative estimate of drug-likeness (QED) is 0.121. The molecule has 0 unspecified atom stereocenters. The summed E-state index contributed by atoms with van der Waals surface area (Å²) in [7, 11) is 1.36. The first kappa shape index (κ1) is 25.0. The van der Waals surface area contributed by atoms with Gasteiger partial charge in [-0.2, -0.15) is 5.26 Å². The van der Waals surface area contributed by atoms with Crippen molar-refractivity contribution in [3.05, 3.63) is 104 Å². The number of nitro groups is 1. The molecule has 9 nitrogen and oxygen atoms in total. The molecule has 0 aliphatic heterocycles. The summed E-state index contributed by atoms with van der Waals surface area (Å²) in [5, 5.41) is 22.8. The Morgan fingerprint density at radius 3 is 2.49 bits per heavy atom. The van der Waals surface area contributed by atoms with E-state index in [2.05, 4.69) is 5.32 Å². The first-order chi connectivity index (χ1) is 16.8. The molecular weight excluding hydrogens is 474 g/mol. The first-order valence-corrected chi connectivity index (χ1v) is 10.5. The highest BCUT2D eigenvalue weighted by Gasteiger charge is 2.19. The number of carbonyl (C=O) groups excluding carboxylic acids is 2. The maximum Gasteiger partial charge on any atom is 0.345 e. The lowest BCUT2D eigenvalue weighted by Crippen LogP contribution is -2.23. The van der Waals surface area contributed by atoms with E-state index < -0.39 is 16.8 Å². The van der Waals surface area contributed by atoms with E-state index in [1.165, 1.54) is 37.5 Å². The van der Waals surface area contributed by atoms with Gasteiger partial charge in [-0.15, -0.1) is 0 Å². The standard InChI is InChI=1S/C25H18ClN3O6/c1-34-23-12-17(11-18(14-27)24(30)28-15-16-5-3-2-4-6-16)7-10-22(23)35-25(31)20-9-8-19(29(32)33)13-21(20)26/h2-13H,15H2,1H3,(H,28,30)/b18-11+. The summed E-state index contributed by atoms with van der Waals surface area (Å²) in [6, 6.07) is 19.0.